The van der Waals surface area contributed by atoms with Crippen LogP contribution in [0, 0.1) is 0 Å². The Balaban J connectivity index is 2.03. The molecule has 0 bridgehead atoms. The molecule has 0 radical (unpaired) electrons. The summed E-state index contributed by atoms with van der Waals surface area (Å²) in [7, 11) is -5.68. The normalized spacial score (nSPS) is 18.8. The minimum atomic E-state index is -5.68. The van der Waals surface area contributed by atoms with Crippen molar-refractivity contribution in [1.82, 2.24) is 5.32 Å². The Hall–Kier alpha value is -1.84. The van der Waals surface area contributed by atoms with Crippen LogP contribution in [0.25, 0.3) is 10.8 Å². The molecule has 2 N–H and O–H groups in total. The van der Waals surface area contributed by atoms with Crippen LogP contribution >= 0.6 is 0 Å². The van der Waals surface area contributed by atoms with Crippen molar-refractivity contribution < 1.29 is 25.8 Å². The second kappa shape index (κ2) is 5.11. The maximum Gasteiger partial charge on any atom is 0.523 e. The first kappa shape index (κ1) is 15.1. The monoisotopic (exact) mass is 332 g/mol. The highest BCUT2D eigenvalue weighted by molar-refractivity contribution is 7.87. The van der Waals surface area contributed by atoms with Crippen LogP contribution in [0.1, 0.15) is 11.8 Å². The Kier molecular flexibility index (Phi) is 3.50. The van der Waals surface area contributed by atoms with Gasteiger partial charge in [-0.05, 0) is 22.9 Å². The van der Waals surface area contributed by atoms with Crippen LogP contribution in [0.5, 0.6) is 0 Å². The van der Waals surface area contributed by atoms with Crippen molar-refractivity contribution in [3.8, 4) is 0 Å². The third-order valence-corrected chi connectivity index (χ3v) is 4.29. The van der Waals surface area contributed by atoms with Crippen LogP contribution in [-0.4, -0.2) is 20.6 Å². The van der Waals surface area contributed by atoms with Crippen LogP contribution in [0.3, 0.4) is 0 Å². The highest BCUT2D eigenvalue weighted by atomic mass is 32.2. The predicted molar refractivity (Wildman–Crippen MR) is 74.4 cm³/mol. The molecule has 0 saturated carbocycles. The zero-order valence-corrected chi connectivity index (χ0v) is 11.8. The summed E-state index contributed by atoms with van der Waals surface area (Å²) in [5.74, 6) is 0. The lowest BCUT2D eigenvalue weighted by atomic mass is 10.0. The molecule has 118 valence electrons. The zero-order chi connectivity index (χ0) is 16.0. The Labute approximate surface area is 124 Å². The van der Waals surface area contributed by atoms with E-state index in [0.29, 0.717) is 11.3 Å². The first-order valence-electron chi connectivity index (χ1n) is 6.27. The molecule has 9 heteroatoms. The molecule has 3 rings (SSSR count). The van der Waals surface area contributed by atoms with Crippen molar-refractivity contribution in [2.45, 2.75) is 11.7 Å². The average Bonchev–Trinajstić information content (AvgIpc) is 2.44. The van der Waals surface area contributed by atoms with Gasteiger partial charge in [0.15, 0.2) is 6.23 Å². The Morgan fingerprint density at radius 3 is 2.41 bits per heavy atom. The highest BCUT2D eigenvalue weighted by Gasteiger charge is 2.49. The van der Waals surface area contributed by atoms with E-state index >= 15 is 0 Å². The van der Waals surface area contributed by atoms with Crippen LogP contribution < -0.4 is 10.6 Å². The highest BCUT2D eigenvalue weighted by Crippen LogP contribution is 2.35. The molecule has 1 aliphatic heterocycles. The predicted octanol–water partition coefficient (Wildman–Crippen LogP) is 2.68. The zero-order valence-electron chi connectivity index (χ0n) is 11.0. The maximum absolute atomic E-state index is 12.5. The smallest absolute Gasteiger partial charge is 0.372 e. The molecule has 5 nitrogen and oxygen atoms in total. The summed E-state index contributed by atoms with van der Waals surface area (Å²) in [5, 5.41) is 7.15. The average molecular weight is 332 g/mol. The molecule has 0 saturated heterocycles. The van der Waals surface area contributed by atoms with Crippen molar-refractivity contribution in [2.24, 2.45) is 0 Å². The first-order valence-corrected chi connectivity index (χ1v) is 7.68. The minimum absolute atomic E-state index is 0.0867. The molecular formula is C13H11F3N2O3S. The fraction of sp³-hybridized carbons (Fsp3) is 0.231. The van der Waals surface area contributed by atoms with Crippen molar-refractivity contribution in [3.63, 3.8) is 0 Å². The number of fused-ring (bicyclic) bond motifs is 2. The van der Waals surface area contributed by atoms with Crippen molar-refractivity contribution in [1.29, 1.82) is 0 Å². The van der Waals surface area contributed by atoms with Gasteiger partial charge in [-0.3, -0.25) is 5.32 Å². The van der Waals surface area contributed by atoms with E-state index in [1.807, 2.05) is 12.1 Å². The second-order valence-corrected chi connectivity index (χ2v) is 6.28. The SMILES string of the molecule is O=S(=O)(OC1NCNc2cc3ccccc3cc21)C(F)(F)F. The molecular weight excluding hydrogens is 321 g/mol. The number of rotatable bonds is 2. The van der Waals surface area contributed by atoms with Gasteiger partial charge in [-0.15, -0.1) is 0 Å². The van der Waals surface area contributed by atoms with Gasteiger partial charge in [-0.2, -0.15) is 21.6 Å². The lowest BCUT2D eigenvalue weighted by Gasteiger charge is -2.28. The van der Waals surface area contributed by atoms with E-state index in [-0.39, 0.29) is 6.67 Å². The van der Waals surface area contributed by atoms with Crippen molar-refractivity contribution >= 4 is 26.6 Å². The van der Waals surface area contributed by atoms with E-state index in [1.54, 1.807) is 24.3 Å². The summed E-state index contributed by atoms with van der Waals surface area (Å²) < 4.78 is 64.1. The van der Waals surface area contributed by atoms with Gasteiger partial charge in [0.1, 0.15) is 0 Å². The number of nitrogens with one attached hydrogen (secondary N) is 2. The maximum atomic E-state index is 12.5. The topological polar surface area (TPSA) is 67.4 Å². The van der Waals surface area contributed by atoms with Crippen LogP contribution in [-0.2, 0) is 14.3 Å². The van der Waals surface area contributed by atoms with Crippen LogP contribution in [0.15, 0.2) is 36.4 Å². The summed E-state index contributed by atoms with van der Waals surface area (Å²) >= 11 is 0. The molecule has 1 heterocycles. The first-order chi connectivity index (χ1) is 10.3. The summed E-state index contributed by atoms with van der Waals surface area (Å²) in [4.78, 5) is 0. The summed E-state index contributed by atoms with van der Waals surface area (Å²) in [5.41, 5.74) is -4.63. The number of alkyl halides is 3. The molecule has 1 atom stereocenters. The van der Waals surface area contributed by atoms with E-state index in [2.05, 4.69) is 14.8 Å². The van der Waals surface area contributed by atoms with Gasteiger partial charge in [-0.25, -0.2) is 4.18 Å². The van der Waals surface area contributed by atoms with E-state index < -0.39 is 21.9 Å². The number of hydrogen-bond acceptors (Lipinski definition) is 5. The molecule has 1 unspecified atom stereocenters. The van der Waals surface area contributed by atoms with Gasteiger partial charge in [0.25, 0.3) is 0 Å². The number of anilines is 1. The number of benzene rings is 2. The number of halogens is 3. The standard InChI is InChI=1S/C13H11F3N2O3S/c14-13(15,16)22(19,20)21-12-10-5-8-3-1-2-4-9(8)6-11(10)17-7-18-12/h1-6,12,17-18H,7H2. The fourth-order valence-corrected chi connectivity index (χ4v) is 2.78. The summed E-state index contributed by atoms with van der Waals surface area (Å²) in [6, 6.07) is 10.6. The lowest BCUT2D eigenvalue weighted by Crippen LogP contribution is -2.38. The van der Waals surface area contributed by atoms with Gasteiger partial charge in [0.05, 0.1) is 6.67 Å². The Bertz CT molecular complexity index is 821. The van der Waals surface area contributed by atoms with E-state index in [1.165, 1.54) is 0 Å². The van der Waals surface area contributed by atoms with Crippen LogP contribution in [0.2, 0.25) is 0 Å². The Morgan fingerprint density at radius 2 is 1.77 bits per heavy atom. The fourth-order valence-electron chi connectivity index (χ4n) is 2.24. The molecule has 1 aliphatic rings. The van der Waals surface area contributed by atoms with Gasteiger partial charge in [-0.1, -0.05) is 24.3 Å². The molecule has 0 aliphatic carbocycles. The molecule has 0 amide bonds. The van der Waals surface area contributed by atoms with Crippen molar-refractivity contribution in [2.75, 3.05) is 12.0 Å². The largest absolute Gasteiger partial charge is 0.523 e. The van der Waals surface area contributed by atoms with Crippen molar-refractivity contribution in [3.05, 3.63) is 42.0 Å². The molecule has 0 spiro atoms. The minimum Gasteiger partial charge on any atom is -0.372 e. The molecule has 0 aromatic heterocycles. The molecule has 0 fully saturated rings. The van der Waals surface area contributed by atoms with Gasteiger partial charge in [0, 0.05) is 11.3 Å². The second-order valence-electron chi connectivity index (χ2n) is 4.72. The van der Waals surface area contributed by atoms with E-state index in [0.717, 1.165) is 10.8 Å². The number of hydrogen-bond donors (Lipinski definition) is 2. The quantitative estimate of drug-likeness (QED) is 0.654. The molecule has 2 aromatic rings. The summed E-state index contributed by atoms with van der Waals surface area (Å²) in [6.07, 6.45) is -1.40. The molecule has 2 aromatic carbocycles. The van der Waals surface area contributed by atoms with E-state index in [9.17, 15) is 21.6 Å². The van der Waals surface area contributed by atoms with Gasteiger partial charge < -0.3 is 5.32 Å². The Morgan fingerprint density at radius 1 is 1.14 bits per heavy atom. The van der Waals surface area contributed by atoms with Crippen LogP contribution in [0.4, 0.5) is 18.9 Å². The van der Waals surface area contributed by atoms with Gasteiger partial charge >= 0.3 is 15.6 Å². The lowest BCUT2D eigenvalue weighted by molar-refractivity contribution is -0.0587. The van der Waals surface area contributed by atoms with E-state index in [4.69, 9.17) is 0 Å². The van der Waals surface area contributed by atoms with Gasteiger partial charge in [0.2, 0.25) is 0 Å². The third kappa shape index (κ3) is 2.62. The summed E-state index contributed by atoms with van der Waals surface area (Å²) in [6.45, 7) is 0.0867. The third-order valence-electron chi connectivity index (χ3n) is 3.27. The molecule has 22 heavy (non-hydrogen) atoms.